The number of aliphatic carboxylic acids is 1. The first-order valence-electron chi connectivity index (χ1n) is 6.66. The largest absolute Gasteiger partial charge is 0.505 e. The molecular weight excluding hydrogens is 320 g/mol. The van der Waals surface area contributed by atoms with E-state index in [4.69, 9.17) is 5.11 Å². The second-order valence-corrected chi connectivity index (χ2v) is 6.11. The fourth-order valence-corrected chi connectivity index (χ4v) is 3.55. The first-order chi connectivity index (χ1) is 10.9. The highest BCUT2D eigenvalue weighted by atomic mass is 32.1. The summed E-state index contributed by atoms with van der Waals surface area (Å²) in [5.74, 6) is -2.61. The van der Waals surface area contributed by atoms with Gasteiger partial charge in [-0.3, -0.25) is 14.4 Å². The number of carboxylic acids is 1. The van der Waals surface area contributed by atoms with Crippen molar-refractivity contribution in [2.75, 3.05) is 6.54 Å². The molecule has 0 atom stereocenters. The standard InChI is InChI=1S/C15H12N2O5S/c1-6-2-3-7-8(4-6)23-13-11(7)17-15(22)10(12(13)20)14(21)16-5-9(18)19/h2-4H,5H2,1H3,(H,16,21)(H,18,19)(H2,17,20,22). The van der Waals surface area contributed by atoms with E-state index in [1.807, 2.05) is 25.1 Å². The zero-order chi connectivity index (χ0) is 16.7. The molecule has 4 N–H and O–H groups in total. The maximum atomic E-state index is 12.1. The molecule has 0 saturated heterocycles. The Kier molecular flexibility index (Phi) is 3.53. The monoisotopic (exact) mass is 332 g/mol. The first-order valence-corrected chi connectivity index (χ1v) is 7.48. The van der Waals surface area contributed by atoms with Gasteiger partial charge in [0.15, 0.2) is 5.75 Å². The normalized spacial score (nSPS) is 11.0. The molecule has 2 aromatic heterocycles. The Morgan fingerprint density at radius 2 is 2.09 bits per heavy atom. The van der Waals surface area contributed by atoms with Gasteiger partial charge in [0, 0.05) is 10.1 Å². The SMILES string of the molecule is Cc1ccc2c(c1)sc1c(O)c(C(=O)NCC(=O)O)c(=O)[nH]c12. The van der Waals surface area contributed by atoms with Gasteiger partial charge in [-0.15, -0.1) is 11.3 Å². The highest BCUT2D eigenvalue weighted by Crippen LogP contribution is 2.38. The second-order valence-electron chi connectivity index (χ2n) is 5.06. The summed E-state index contributed by atoms with van der Waals surface area (Å²) in [6, 6.07) is 5.64. The molecule has 3 rings (SSSR count). The maximum absolute atomic E-state index is 12.1. The van der Waals surface area contributed by atoms with Gasteiger partial charge >= 0.3 is 5.97 Å². The fourth-order valence-electron chi connectivity index (χ4n) is 2.35. The molecule has 0 unspecified atom stereocenters. The predicted octanol–water partition coefficient (Wildman–Crippen LogP) is 1.57. The Morgan fingerprint density at radius 1 is 1.35 bits per heavy atom. The molecule has 1 amide bonds. The van der Waals surface area contributed by atoms with Crippen LogP contribution < -0.4 is 10.9 Å². The van der Waals surface area contributed by atoms with Crippen LogP contribution in [0.2, 0.25) is 0 Å². The summed E-state index contributed by atoms with van der Waals surface area (Å²) in [6.07, 6.45) is 0. The Labute approximate surface area is 133 Å². The molecule has 0 aliphatic heterocycles. The quantitative estimate of drug-likeness (QED) is 0.580. The van der Waals surface area contributed by atoms with E-state index >= 15 is 0 Å². The van der Waals surface area contributed by atoms with E-state index in [2.05, 4.69) is 10.3 Å². The van der Waals surface area contributed by atoms with Crippen LogP contribution in [-0.4, -0.2) is 33.6 Å². The lowest BCUT2D eigenvalue weighted by atomic mass is 10.1. The molecule has 8 heteroatoms. The number of carbonyl (C=O) groups excluding carboxylic acids is 1. The third-order valence-electron chi connectivity index (χ3n) is 3.39. The van der Waals surface area contributed by atoms with Gasteiger partial charge in [-0.25, -0.2) is 0 Å². The van der Waals surface area contributed by atoms with Crippen molar-refractivity contribution in [3.63, 3.8) is 0 Å². The zero-order valence-corrected chi connectivity index (χ0v) is 12.8. The molecule has 0 aliphatic rings. The van der Waals surface area contributed by atoms with Crippen LogP contribution in [0.15, 0.2) is 23.0 Å². The average Bonchev–Trinajstić information content (AvgIpc) is 2.83. The summed E-state index contributed by atoms with van der Waals surface area (Å²) >= 11 is 1.25. The summed E-state index contributed by atoms with van der Waals surface area (Å²) in [5.41, 5.74) is 0.243. The highest BCUT2D eigenvalue weighted by molar-refractivity contribution is 7.26. The lowest BCUT2D eigenvalue weighted by Gasteiger charge is -2.05. The smallest absolute Gasteiger partial charge is 0.322 e. The van der Waals surface area contributed by atoms with E-state index in [1.54, 1.807) is 0 Å². The van der Waals surface area contributed by atoms with Crippen LogP contribution in [0.4, 0.5) is 0 Å². The molecule has 0 radical (unpaired) electrons. The second kappa shape index (κ2) is 5.40. The number of hydrogen-bond acceptors (Lipinski definition) is 5. The molecule has 0 saturated carbocycles. The molecule has 0 aliphatic carbocycles. The summed E-state index contributed by atoms with van der Waals surface area (Å²) in [5, 5.41) is 21.8. The lowest BCUT2D eigenvalue weighted by molar-refractivity contribution is -0.135. The molecule has 0 bridgehead atoms. The van der Waals surface area contributed by atoms with E-state index in [1.165, 1.54) is 11.3 Å². The number of H-pyrrole nitrogens is 1. The number of aromatic nitrogens is 1. The van der Waals surface area contributed by atoms with E-state index in [0.717, 1.165) is 15.6 Å². The van der Waals surface area contributed by atoms with Crippen molar-refractivity contribution in [3.8, 4) is 5.75 Å². The van der Waals surface area contributed by atoms with E-state index in [0.29, 0.717) is 10.2 Å². The summed E-state index contributed by atoms with van der Waals surface area (Å²) < 4.78 is 1.25. The van der Waals surface area contributed by atoms with E-state index in [-0.39, 0.29) is 0 Å². The molecule has 1 aromatic carbocycles. The van der Waals surface area contributed by atoms with Gasteiger partial charge in [0.25, 0.3) is 11.5 Å². The van der Waals surface area contributed by atoms with E-state index in [9.17, 15) is 19.5 Å². The summed E-state index contributed by atoms with van der Waals surface area (Å²) in [6.45, 7) is 1.29. The van der Waals surface area contributed by atoms with Gasteiger partial charge < -0.3 is 20.5 Å². The molecule has 23 heavy (non-hydrogen) atoms. The number of fused-ring (bicyclic) bond motifs is 3. The number of carbonyl (C=O) groups is 2. The number of aryl methyl sites for hydroxylation is 1. The van der Waals surface area contributed by atoms with Crippen LogP contribution >= 0.6 is 11.3 Å². The molecular formula is C15H12N2O5S. The van der Waals surface area contributed by atoms with Crippen LogP contribution in [0, 0.1) is 6.92 Å². The van der Waals surface area contributed by atoms with Crippen molar-refractivity contribution in [1.29, 1.82) is 0 Å². The predicted molar refractivity (Wildman–Crippen MR) is 86.3 cm³/mol. The van der Waals surface area contributed by atoms with E-state index < -0.39 is 35.3 Å². The fraction of sp³-hybridized carbons (Fsp3) is 0.133. The average molecular weight is 332 g/mol. The molecule has 0 spiro atoms. The number of aromatic amines is 1. The van der Waals surface area contributed by atoms with Gasteiger partial charge in [-0.2, -0.15) is 0 Å². The minimum absolute atomic E-state index is 0.380. The minimum atomic E-state index is -1.24. The maximum Gasteiger partial charge on any atom is 0.322 e. The number of nitrogens with one attached hydrogen (secondary N) is 2. The van der Waals surface area contributed by atoms with Crippen LogP contribution in [0.25, 0.3) is 20.3 Å². The van der Waals surface area contributed by atoms with Crippen LogP contribution in [-0.2, 0) is 4.79 Å². The van der Waals surface area contributed by atoms with Crippen molar-refractivity contribution in [3.05, 3.63) is 39.7 Å². The minimum Gasteiger partial charge on any atom is -0.505 e. The summed E-state index contributed by atoms with van der Waals surface area (Å²) in [7, 11) is 0. The molecule has 3 aromatic rings. The molecule has 7 nitrogen and oxygen atoms in total. The number of benzene rings is 1. The van der Waals surface area contributed by atoms with Crippen molar-refractivity contribution < 1.29 is 19.8 Å². The zero-order valence-electron chi connectivity index (χ0n) is 12.0. The Morgan fingerprint density at radius 3 is 2.78 bits per heavy atom. The number of amides is 1. The van der Waals surface area contributed by atoms with Gasteiger partial charge in [-0.05, 0) is 18.6 Å². The third-order valence-corrected chi connectivity index (χ3v) is 4.55. The van der Waals surface area contributed by atoms with Gasteiger partial charge in [0.2, 0.25) is 0 Å². The number of pyridine rings is 1. The van der Waals surface area contributed by atoms with Crippen LogP contribution in [0.1, 0.15) is 15.9 Å². The number of carboxylic acid groups (broad SMARTS) is 1. The molecule has 118 valence electrons. The number of aromatic hydroxyl groups is 1. The van der Waals surface area contributed by atoms with Gasteiger partial charge in [0.1, 0.15) is 12.1 Å². The first kappa shape index (κ1) is 15.0. The summed E-state index contributed by atoms with van der Waals surface area (Å²) in [4.78, 5) is 37.2. The van der Waals surface area contributed by atoms with Crippen molar-refractivity contribution in [2.45, 2.75) is 6.92 Å². The molecule has 0 fully saturated rings. The van der Waals surface area contributed by atoms with Crippen molar-refractivity contribution >= 4 is 43.5 Å². The number of thiophene rings is 1. The Bertz CT molecular complexity index is 1020. The van der Waals surface area contributed by atoms with Crippen molar-refractivity contribution in [1.82, 2.24) is 10.3 Å². The van der Waals surface area contributed by atoms with Gasteiger partial charge in [0.05, 0.1) is 10.2 Å². The topological polar surface area (TPSA) is 119 Å². The third kappa shape index (κ3) is 2.53. The van der Waals surface area contributed by atoms with Crippen LogP contribution in [0.5, 0.6) is 5.75 Å². The Hall–Kier alpha value is -2.87. The number of rotatable bonds is 3. The highest BCUT2D eigenvalue weighted by Gasteiger charge is 2.22. The lowest BCUT2D eigenvalue weighted by Crippen LogP contribution is -2.33. The van der Waals surface area contributed by atoms with Crippen LogP contribution in [0.3, 0.4) is 0 Å². The Balaban J connectivity index is 2.21. The van der Waals surface area contributed by atoms with Crippen molar-refractivity contribution in [2.24, 2.45) is 0 Å². The number of hydrogen-bond donors (Lipinski definition) is 4. The van der Waals surface area contributed by atoms with Gasteiger partial charge in [-0.1, -0.05) is 12.1 Å². The molecule has 2 heterocycles.